The summed E-state index contributed by atoms with van der Waals surface area (Å²) in [7, 11) is 1.87. The highest BCUT2D eigenvalue weighted by Crippen LogP contribution is 2.33. The number of aliphatic imine (C=N–C) groups is 1. The van der Waals surface area contributed by atoms with Gasteiger partial charge in [-0.25, -0.2) is 0 Å². The lowest BCUT2D eigenvalue weighted by atomic mass is 10.0. The van der Waals surface area contributed by atoms with Crippen LogP contribution in [-0.2, 0) is 6.54 Å². The molecule has 132 valence electrons. The monoisotopic (exact) mass is 329 g/mol. The fourth-order valence-corrected chi connectivity index (χ4v) is 3.35. The minimum Gasteiger partial charge on any atom is -0.356 e. The SMILES string of the molecule is CN=C(NCCCC1CC1)NC1CCN(Cc2ccccn2)CC1. The van der Waals surface area contributed by atoms with Crippen LogP contribution in [0.3, 0.4) is 0 Å². The largest absolute Gasteiger partial charge is 0.356 e. The number of hydrogen-bond donors (Lipinski definition) is 2. The lowest BCUT2D eigenvalue weighted by Crippen LogP contribution is -2.48. The third-order valence-electron chi connectivity index (χ3n) is 5.04. The van der Waals surface area contributed by atoms with Crippen LogP contribution in [0.2, 0.25) is 0 Å². The molecule has 5 nitrogen and oxygen atoms in total. The predicted octanol–water partition coefficient (Wildman–Crippen LogP) is 2.40. The van der Waals surface area contributed by atoms with Gasteiger partial charge in [-0.3, -0.25) is 14.9 Å². The Morgan fingerprint density at radius 3 is 2.75 bits per heavy atom. The Hall–Kier alpha value is -1.62. The highest BCUT2D eigenvalue weighted by molar-refractivity contribution is 5.79. The van der Waals surface area contributed by atoms with Crippen LogP contribution in [0.25, 0.3) is 0 Å². The maximum Gasteiger partial charge on any atom is 0.191 e. The maximum absolute atomic E-state index is 4.43. The molecular formula is C19H31N5. The topological polar surface area (TPSA) is 52.6 Å². The van der Waals surface area contributed by atoms with Crippen molar-refractivity contribution in [1.29, 1.82) is 0 Å². The Morgan fingerprint density at radius 2 is 2.08 bits per heavy atom. The molecular weight excluding hydrogens is 298 g/mol. The fraction of sp³-hybridized carbons (Fsp3) is 0.684. The van der Waals surface area contributed by atoms with Crippen LogP contribution in [0.4, 0.5) is 0 Å². The molecule has 2 N–H and O–H groups in total. The molecule has 0 spiro atoms. The van der Waals surface area contributed by atoms with Crippen molar-refractivity contribution in [1.82, 2.24) is 20.5 Å². The van der Waals surface area contributed by atoms with E-state index in [2.05, 4.69) is 37.6 Å². The molecule has 0 unspecified atom stereocenters. The summed E-state index contributed by atoms with van der Waals surface area (Å²) in [5.41, 5.74) is 1.16. The lowest BCUT2D eigenvalue weighted by Gasteiger charge is -2.32. The average Bonchev–Trinajstić information content (AvgIpc) is 3.44. The number of nitrogens with zero attached hydrogens (tertiary/aromatic N) is 3. The first-order valence-electron chi connectivity index (χ1n) is 9.43. The van der Waals surface area contributed by atoms with E-state index in [1.165, 1.54) is 25.7 Å². The summed E-state index contributed by atoms with van der Waals surface area (Å²) >= 11 is 0. The molecule has 1 saturated heterocycles. The van der Waals surface area contributed by atoms with E-state index in [1.807, 2.05) is 19.3 Å². The van der Waals surface area contributed by atoms with Crippen molar-refractivity contribution in [3.8, 4) is 0 Å². The normalized spacial score (nSPS) is 20.1. The summed E-state index contributed by atoms with van der Waals surface area (Å²) in [5.74, 6) is 1.99. The third-order valence-corrected chi connectivity index (χ3v) is 5.04. The van der Waals surface area contributed by atoms with Crippen molar-refractivity contribution in [2.24, 2.45) is 10.9 Å². The molecule has 1 aromatic rings. The summed E-state index contributed by atoms with van der Waals surface area (Å²) in [6.07, 6.45) is 9.73. The van der Waals surface area contributed by atoms with Gasteiger partial charge in [0.15, 0.2) is 5.96 Å². The molecule has 0 aromatic carbocycles. The first kappa shape index (κ1) is 17.2. The summed E-state index contributed by atoms with van der Waals surface area (Å²) in [6, 6.07) is 6.68. The zero-order valence-electron chi connectivity index (χ0n) is 14.9. The second-order valence-electron chi connectivity index (χ2n) is 7.10. The molecule has 1 saturated carbocycles. The third kappa shape index (κ3) is 5.78. The van der Waals surface area contributed by atoms with Gasteiger partial charge >= 0.3 is 0 Å². The van der Waals surface area contributed by atoms with Gasteiger partial charge in [-0.05, 0) is 43.7 Å². The first-order chi connectivity index (χ1) is 11.8. The molecule has 1 aliphatic carbocycles. The minimum atomic E-state index is 0.527. The first-order valence-corrected chi connectivity index (χ1v) is 9.43. The highest BCUT2D eigenvalue weighted by Gasteiger charge is 2.21. The Labute approximate surface area is 146 Å². The van der Waals surface area contributed by atoms with Gasteiger partial charge < -0.3 is 10.6 Å². The van der Waals surface area contributed by atoms with Crippen LogP contribution >= 0.6 is 0 Å². The Kier molecular flexibility index (Phi) is 6.47. The number of guanidine groups is 1. The van der Waals surface area contributed by atoms with Crippen LogP contribution in [0.15, 0.2) is 29.4 Å². The minimum absolute atomic E-state index is 0.527. The van der Waals surface area contributed by atoms with E-state index in [9.17, 15) is 0 Å². The maximum atomic E-state index is 4.43. The average molecular weight is 329 g/mol. The van der Waals surface area contributed by atoms with E-state index in [4.69, 9.17) is 0 Å². The van der Waals surface area contributed by atoms with Gasteiger partial charge in [0.05, 0.1) is 5.69 Å². The van der Waals surface area contributed by atoms with Gasteiger partial charge in [0.1, 0.15) is 0 Å². The Morgan fingerprint density at radius 1 is 1.25 bits per heavy atom. The molecule has 1 aromatic heterocycles. The Bertz CT molecular complexity index is 504. The van der Waals surface area contributed by atoms with E-state index in [0.29, 0.717) is 6.04 Å². The van der Waals surface area contributed by atoms with Crippen molar-refractivity contribution >= 4 is 5.96 Å². The molecule has 2 heterocycles. The molecule has 24 heavy (non-hydrogen) atoms. The number of rotatable bonds is 7. The van der Waals surface area contributed by atoms with Crippen LogP contribution < -0.4 is 10.6 Å². The number of pyridine rings is 1. The summed E-state index contributed by atoms with van der Waals surface area (Å²) < 4.78 is 0. The van der Waals surface area contributed by atoms with E-state index < -0.39 is 0 Å². The molecule has 0 bridgehead atoms. The van der Waals surface area contributed by atoms with Crippen LogP contribution in [0.5, 0.6) is 0 Å². The fourth-order valence-electron chi connectivity index (χ4n) is 3.35. The number of piperidine rings is 1. The van der Waals surface area contributed by atoms with Gasteiger partial charge in [0, 0.05) is 45.5 Å². The van der Waals surface area contributed by atoms with Crippen LogP contribution in [-0.4, -0.2) is 48.6 Å². The summed E-state index contributed by atoms with van der Waals surface area (Å²) in [5, 5.41) is 7.06. The zero-order chi connectivity index (χ0) is 16.6. The number of nitrogens with one attached hydrogen (secondary N) is 2. The van der Waals surface area contributed by atoms with Gasteiger partial charge in [0.2, 0.25) is 0 Å². The smallest absolute Gasteiger partial charge is 0.191 e. The second-order valence-corrected chi connectivity index (χ2v) is 7.10. The van der Waals surface area contributed by atoms with Crippen LogP contribution in [0, 0.1) is 5.92 Å². The second kappa shape index (κ2) is 9.02. The molecule has 0 radical (unpaired) electrons. The van der Waals surface area contributed by atoms with Crippen molar-refractivity contribution in [2.45, 2.75) is 51.1 Å². The molecule has 0 amide bonds. The van der Waals surface area contributed by atoms with Gasteiger partial charge in [-0.2, -0.15) is 0 Å². The van der Waals surface area contributed by atoms with Crippen molar-refractivity contribution in [3.05, 3.63) is 30.1 Å². The molecule has 0 atom stereocenters. The van der Waals surface area contributed by atoms with Gasteiger partial charge in [0.25, 0.3) is 0 Å². The van der Waals surface area contributed by atoms with E-state index in [0.717, 1.165) is 56.6 Å². The van der Waals surface area contributed by atoms with Crippen molar-refractivity contribution < 1.29 is 0 Å². The zero-order valence-corrected chi connectivity index (χ0v) is 14.9. The predicted molar refractivity (Wildman–Crippen MR) is 99.0 cm³/mol. The van der Waals surface area contributed by atoms with Crippen molar-refractivity contribution in [2.75, 3.05) is 26.7 Å². The molecule has 2 aliphatic rings. The molecule has 5 heteroatoms. The van der Waals surface area contributed by atoms with E-state index in [1.54, 1.807) is 0 Å². The van der Waals surface area contributed by atoms with Crippen molar-refractivity contribution in [3.63, 3.8) is 0 Å². The molecule has 1 aliphatic heterocycles. The summed E-state index contributed by atoms with van der Waals surface area (Å²) in [6.45, 7) is 4.23. The number of likely N-dealkylation sites (tertiary alicyclic amines) is 1. The number of aromatic nitrogens is 1. The highest BCUT2D eigenvalue weighted by atomic mass is 15.2. The van der Waals surface area contributed by atoms with E-state index >= 15 is 0 Å². The standard InChI is InChI=1S/C19H31N5/c1-20-19(22-12-4-5-16-7-8-16)23-17-9-13-24(14-10-17)15-18-6-2-3-11-21-18/h2-3,6,11,16-17H,4-5,7-10,12-15H2,1H3,(H2,20,22,23). The Balaban J connectivity index is 1.33. The lowest BCUT2D eigenvalue weighted by molar-refractivity contribution is 0.196. The molecule has 3 rings (SSSR count). The quantitative estimate of drug-likeness (QED) is 0.458. The van der Waals surface area contributed by atoms with Gasteiger partial charge in [-0.15, -0.1) is 0 Å². The number of hydrogen-bond acceptors (Lipinski definition) is 3. The van der Waals surface area contributed by atoms with Crippen LogP contribution in [0.1, 0.15) is 44.2 Å². The molecule has 2 fully saturated rings. The summed E-state index contributed by atoms with van der Waals surface area (Å²) in [4.78, 5) is 11.3. The van der Waals surface area contributed by atoms with E-state index in [-0.39, 0.29) is 0 Å². The van der Waals surface area contributed by atoms with Gasteiger partial charge in [-0.1, -0.05) is 18.9 Å².